The summed E-state index contributed by atoms with van der Waals surface area (Å²) in [7, 11) is 0. The van der Waals surface area contributed by atoms with Gasteiger partial charge in [-0.15, -0.1) is 0 Å². The van der Waals surface area contributed by atoms with Gasteiger partial charge in [0.05, 0.1) is 0 Å². The van der Waals surface area contributed by atoms with E-state index in [4.69, 9.17) is 0 Å². The number of nitrogens with one attached hydrogen (secondary N) is 2. The SMILES string of the molecule is C[C@H]1CC(=O)c2cc(C(=O)NCc3ccccc3F)c(=O)[nH]c2C1. The van der Waals surface area contributed by atoms with E-state index in [-0.39, 0.29) is 23.8 Å². The van der Waals surface area contributed by atoms with Crippen molar-refractivity contribution < 1.29 is 14.0 Å². The van der Waals surface area contributed by atoms with Crippen LogP contribution in [0, 0.1) is 11.7 Å². The first-order chi connectivity index (χ1) is 11.5. The Balaban J connectivity index is 1.83. The van der Waals surface area contributed by atoms with Gasteiger partial charge in [-0.2, -0.15) is 0 Å². The Kier molecular flexibility index (Phi) is 4.29. The Morgan fingerprint density at radius 1 is 1.29 bits per heavy atom. The summed E-state index contributed by atoms with van der Waals surface area (Å²) in [5.41, 5.74) is 0.623. The predicted octanol–water partition coefficient (Wildman–Crippen LogP) is 2.21. The Bertz CT molecular complexity index is 873. The van der Waals surface area contributed by atoms with Crippen LogP contribution >= 0.6 is 0 Å². The topological polar surface area (TPSA) is 79.0 Å². The van der Waals surface area contributed by atoms with Gasteiger partial charge in [0.2, 0.25) is 0 Å². The molecule has 1 aromatic heterocycles. The van der Waals surface area contributed by atoms with E-state index in [2.05, 4.69) is 10.3 Å². The van der Waals surface area contributed by atoms with E-state index < -0.39 is 17.3 Å². The van der Waals surface area contributed by atoms with Gasteiger partial charge in [-0.05, 0) is 24.5 Å². The zero-order valence-corrected chi connectivity index (χ0v) is 13.2. The molecular weight excluding hydrogens is 311 g/mol. The molecule has 0 saturated heterocycles. The van der Waals surface area contributed by atoms with E-state index in [9.17, 15) is 18.8 Å². The quantitative estimate of drug-likeness (QED) is 0.906. The minimum atomic E-state index is -0.631. The first-order valence-corrected chi connectivity index (χ1v) is 7.76. The van der Waals surface area contributed by atoms with E-state index in [1.54, 1.807) is 18.2 Å². The average Bonchev–Trinajstić information content (AvgIpc) is 2.53. The number of H-pyrrole nitrogens is 1. The fourth-order valence-electron chi connectivity index (χ4n) is 2.91. The maximum absolute atomic E-state index is 13.6. The maximum Gasteiger partial charge on any atom is 0.261 e. The van der Waals surface area contributed by atoms with Gasteiger partial charge in [0.25, 0.3) is 11.5 Å². The van der Waals surface area contributed by atoms with Crippen molar-refractivity contribution in [3.05, 3.63) is 68.9 Å². The second-order valence-electron chi connectivity index (χ2n) is 6.12. The molecule has 3 rings (SSSR count). The van der Waals surface area contributed by atoms with Gasteiger partial charge in [-0.1, -0.05) is 25.1 Å². The number of hydrogen-bond acceptors (Lipinski definition) is 3. The molecule has 1 atom stereocenters. The van der Waals surface area contributed by atoms with Crippen molar-refractivity contribution in [3.8, 4) is 0 Å². The summed E-state index contributed by atoms with van der Waals surface area (Å²) in [4.78, 5) is 39.1. The number of fused-ring (bicyclic) bond motifs is 1. The highest BCUT2D eigenvalue weighted by Crippen LogP contribution is 2.23. The lowest BCUT2D eigenvalue weighted by Gasteiger charge is -2.20. The van der Waals surface area contributed by atoms with Crippen molar-refractivity contribution in [3.63, 3.8) is 0 Å². The Morgan fingerprint density at radius 2 is 2.04 bits per heavy atom. The molecule has 0 radical (unpaired) electrons. The Labute approximate surface area is 137 Å². The molecule has 0 bridgehead atoms. The van der Waals surface area contributed by atoms with Gasteiger partial charge < -0.3 is 10.3 Å². The fraction of sp³-hybridized carbons (Fsp3) is 0.278. The zero-order chi connectivity index (χ0) is 17.3. The highest BCUT2D eigenvalue weighted by Gasteiger charge is 2.25. The Hall–Kier alpha value is -2.76. The number of aromatic nitrogens is 1. The minimum Gasteiger partial charge on any atom is -0.348 e. The highest BCUT2D eigenvalue weighted by molar-refractivity contribution is 6.01. The normalized spacial score (nSPS) is 16.6. The van der Waals surface area contributed by atoms with Crippen molar-refractivity contribution in [1.82, 2.24) is 10.3 Å². The number of aromatic amines is 1. The Morgan fingerprint density at radius 3 is 2.79 bits per heavy atom. The molecule has 1 amide bonds. The van der Waals surface area contributed by atoms with Gasteiger partial charge in [0.1, 0.15) is 11.4 Å². The monoisotopic (exact) mass is 328 g/mol. The number of pyridine rings is 1. The van der Waals surface area contributed by atoms with Crippen molar-refractivity contribution in [1.29, 1.82) is 0 Å². The van der Waals surface area contributed by atoms with Crippen LogP contribution < -0.4 is 10.9 Å². The number of amides is 1. The molecule has 6 heteroatoms. The summed E-state index contributed by atoms with van der Waals surface area (Å²) in [6.45, 7) is 1.90. The van der Waals surface area contributed by atoms with Gasteiger partial charge in [0.15, 0.2) is 5.78 Å². The summed E-state index contributed by atoms with van der Waals surface area (Å²) < 4.78 is 13.6. The molecule has 0 spiro atoms. The van der Waals surface area contributed by atoms with Crippen LogP contribution in [0.4, 0.5) is 4.39 Å². The molecule has 1 aliphatic carbocycles. The lowest BCUT2D eigenvalue weighted by Crippen LogP contribution is -2.32. The second-order valence-corrected chi connectivity index (χ2v) is 6.12. The molecule has 0 aliphatic heterocycles. The number of rotatable bonds is 3. The van der Waals surface area contributed by atoms with E-state index in [0.29, 0.717) is 29.7 Å². The molecule has 0 unspecified atom stereocenters. The first kappa shape index (κ1) is 16.1. The minimum absolute atomic E-state index is 0.0347. The zero-order valence-electron chi connectivity index (χ0n) is 13.2. The molecule has 1 aromatic carbocycles. The van der Waals surface area contributed by atoms with Gasteiger partial charge in [-0.3, -0.25) is 14.4 Å². The van der Waals surface area contributed by atoms with Gasteiger partial charge in [0, 0.05) is 29.8 Å². The molecular formula is C18H17FN2O3. The lowest BCUT2D eigenvalue weighted by molar-refractivity contribution is 0.0948. The smallest absolute Gasteiger partial charge is 0.261 e. The third-order valence-electron chi connectivity index (χ3n) is 4.15. The molecule has 24 heavy (non-hydrogen) atoms. The standard InChI is InChI=1S/C18H17FN2O3/c1-10-6-15-12(16(22)7-10)8-13(18(24)21-15)17(23)20-9-11-4-2-3-5-14(11)19/h2-5,8,10H,6-7,9H2,1H3,(H,20,23)(H,21,24)/t10-/m1/s1. The number of carbonyl (C=O) groups excluding carboxylic acids is 2. The van der Waals surface area contributed by atoms with Crippen molar-refractivity contribution in [2.75, 3.05) is 0 Å². The van der Waals surface area contributed by atoms with Crippen LogP contribution in [-0.4, -0.2) is 16.7 Å². The summed E-state index contributed by atoms with van der Waals surface area (Å²) in [6, 6.07) is 7.42. The summed E-state index contributed by atoms with van der Waals surface area (Å²) in [5.74, 6) is -0.973. The van der Waals surface area contributed by atoms with E-state index in [1.165, 1.54) is 12.1 Å². The lowest BCUT2D eigenvalue weighted by atomic mass is 9.86. The second kappa shape index (κ2) is 6.39. The number of carbonyl (C=O) groups is 2. The van der Waals surface area contributed by atoms with Crippen LogP contribution in [0.2, 0.25) is 0 Å². The molecule has 0 fully saturated rings. The number of halogens is 1. The molecule has 1 heterocycles. The molecule has 2 N–H and O–H groups in total. The van der Waals surface area contributed by atoms with Gasteiger partial charge in [-0.25, -0.2) is 4.39 Å². The third kappa shape index (κ3) is 3.13. The van der Waals surface area contributed by atoms with Crippen molar-refractivity contribution >= 4 is 11.7 Å². The molecule has 124 valence electrons. The third-order valence-corrected chi connectivity index (χ3v) is 4.15. The largest absolute Gasteiger partial charge is 0.348 e. The fourth-order valence-corrected chi connectivity index (χ4v) is 2.91. The number of benzene rings is 1. The summed E-state index contributed by atoms with van der Waals surface area (Å²) in [5, 5.41) is 2.52. The van der Waals surface area contributed by atoms with E-state index in [1.807, 2.05) is 6.92 Å². The predicted molar refractivity (Wildman–Crippen MR) is 86.4 cm³/mol. The van der Waals surface area contributed by atoms with Gasteiger partial charge >= 0.3 is 0 Å². The van der Waals surface area contributed by atoms with Crippen LogP contribution in [0.1, 0.15) is 45.3 Å². The van der Waals surface area contributed by atoms with Crippen molar-refractivity contribution in [2.24, 2.45) is 5.92 Å². The molecule has 1 aliphatic rings. The summed E-state index contributed by atoms with van der Waals surface area (Å²) >= 11 is 0. The maximum atomic E-state index is 13.6. The number of Topliss-reactive ketones (excluding diaryl/α,β-unsaturated/α-hetero) is 1. The number of hydrogen-bond donors (Lipinski definition) is 2. The summed E-state index contributed by atoms with van der Waals surface area (Å²) in [6.07, 6.45) is 1.00. The van der Waals surface area contributed by atoms with Crippen LogP contribution in [0.3, 0.4) is 0 Å². The van der Waals surface area contributed by atoms with Crippen LogP contribution in [0.15, 0.2) is 35.1 Å². The molecule has 0 saturated carbocycles. The first-order valence-electron chi connectivity index (χ1n) is 7.76. The average molecular weight is 328 g/mol. The van der Waals surface area contributed by atoms with E-state index in [0.717, 1.165) is 0 Å². The highest BCUT2D eigenvalue weighted by atomic mass is 19.1. The number of ketones is 1. The van der Waals surface area contributed by atoms with Crippen LogP contribution in [0.5, 0.6) is 0 Å². The molecule has 2 aromatic rings. The van der Waals surface area contributed by atoms with Crippen LogP contribution in [-0.2, 0) is 13.0 Å². The van der Waals surface area contributed by atoms with Crippen LogP contribution in [0.25, 0.3) is 0 Å². The van der Waals surface area contributed by atoms with E-state index >= 15 is 0 Å². The van der Waals surface area contributed by atoms with Crippen molar-refractivity contribution in [2.45, 2.75) is 26.3 Å². The molecule has 5 nitrogen and oxygen atoms in total.